The molecular weight excluding hydrogens is 160 g/mol. The van der Waals surface area contributed by atoms with Crippen LogP contribution in [-0.2, 0) is 0 Å². The normalized spacial score (nSPS) is 19.4. The maximum Gasteiger partial charge on any atom is 0.0456 e. The molecule has 0 rings (SSSR count). The molecular formula is C9H19ClO. The molecule has 3 atom stereocenters. The Balaban J connectivity index is 3.43. The van der Waals surface area contributed by atoms with Crippen LogP contribution in [0.2, 0.25) is 0 Å². The molecule has 0 radical (unpaired) electrons. The van der Waals surface area contributed by atoms with E-state index in [1.165, 1.54) is 0 Å². The van der Waals surface area contributed by atoms with Crippen molar-refractivity contribution >= 4 is 11.6 Å². The van der Waals surface area contributed by atoms with Gasteiger partial charge in [-0.05, 0) is 31.6 Å². The fourth-order valence-electron chi connectivity index (χ4n) is 1.41. The Morgan fingerprint density at radius 3 is 2.00 bits per heavy atom. The third kappa shape index (κ3) is 6.64. The van der Waals surface area contributed by atoms with Gasteiger partial charge in [-0.3, -0.25) is 0 Å². The topological polar surface area (TPSA) is 20.2 Å². The van der Waals surface area contributed by atoms with Gasteiger partial charge in [0.2, 0.25) is 0 Å². The molecule has 2 heteroatoms. The van der Waals surface area contributed by atoms with Gasteiger partial charge >= 0.3 is 0 Å². The zero-order valence-electron chi connectivity index (χ0n) is 7.68. The highest BCUT2D eigenvalue weighted by Crippen LogP contribution is 2.18. The molecule has 1 N–H and O–H groups in total. The Morgan fingerprint density at radius 2 is 1.64 bits per heavy atom. The Labute approximate surface area is 74.8 Å². The van der Waals surface area contributed by atoms with E-state index in [0.29, 0.717) is 18.4 Å². The largest absolute Gasteiger partial charge is 0.396 e. The second-order valence-corrected chi connectivity index (χ2v) is 4.39. The van der Waals surface area contributed by atoms with E-state index in [-0.39, 0.29) is 5.38 Å². The first-order valence-electron chi connectivity index (χ1n) is 4.31. The van der Waals surface area contributed by atoms with Crippen molar-refractivity contribution in [1.82, 2.24) is 0 Å². The SMILES string of the molecule is CC(Cl)CC(C)CC(C)CO. The number of halogens is 1. The zero-order chi connectivity index (χ0) is 8.85. The number of hydrogen-bond donors (Lipinski definition) is 1. The van der Waals surface area contributed by atoms with E-state index in [1.807, 2.05) is 6.92 Å². The third-order valence-electron chi connectivity index (χ3n) is 1.84. The van der Waals surface area contributed by atoms with Crippen molar-refractivity contribution in [3.05, 3.63) is 0 Å². The second kappa shape index (κ2) is 5.84. The van der Waals surface area contributed by atoms with Gasteiger partial charge in [0.15, 0.2) is 0 Å². The number of alkyl halides is 1. The average Bonchev–Trinajstić information content (AvgIpc) is 1.85. The van der Waals surface area contributed by atoms with E-state index in [9.17, 15) is 0 Å². The van der Waals surface area contributed by atoms with E-state index in [1.54, 1.807) is 0 Å². The van der Waals surface area contributed by atoms with Crippen molar-refractivity contribution < 1.29 is 5.11 Å². The third-order valence-corrected chi connectivity index (χ3v) is 2.02. The lowest BCUT2D eigenvalue weighted by Gasteiger charge is -2.15. The summed E-state index contributed by atoms with van der Waals surface area (Å²) < 4.78 is 0. The average molecular weight is 179 g/mol. The Bertz CT molecular complexity index is 93.6. The number of rotatable bonds is 5. The van der Waals surface area contributed by atoms with Crippen molar-refractivity contribution in [3.8, 4) is 0 Å². The highest BCUT2D eigenvalue weighted by molar-refractivity contribution is 6.20. The predicted molar refractivity (Wildman–Crippen MR) is 50.0 cm³/mol. The molecule has 0 aliphatic rings. The maximum atomic E-state index is 8.78. The van der Waals surface area contributed by atoms with E-state index < -0.39 is 0 Å². The quantitative estimate of drug-likeness (QED) is 0.642. The van der Waals surface area contributed by atoms with Crippen molar-refractivity contribution in [2.24, 2.45) is 11.8 Å². The van der Waals surface area contributed by atoms with Crippen LogP contribution >= 0.6 is 11.6 Å². The molecule has 0 aromatic heterocycles. The molecule has 1 nitrogen and oxygen atoms in total. The van der Waals surface area contributed by atoms with Crippen LogP contribution in [-0.4, -0.2) is 17.1 Å². The molecule has 0 aliphatic carbocycles. The van der Waals surface area contributed by atoms with Crippen LogP contribution in [0, 0.1) is 11.8 Å². The first-order valence-corrected chi connectivity index (χ1v) is 4.74. The lowest BCUT2D eigenvalue weighted by Crippen LogP contribution is -2.09. The maximum absolute atomic E-state index is 8.78. The van der Waals surface area contributed by atoms with Crippen LogP contribution in [0.4, 0.5) is 0 Å². The van der Waals surface area contributed by atoms with Crippen molar-refractivity contribution in [2.45, 2.75) is 39.0 Å². The molecule has 0 aromatic rings. The van der Waals surface area contributed by atoms with Gasteiger partial charge in [0.25, 0.3) is 0 Å². The van der Waals surface area contributed by atoms with Crippen molar-refractivity contribution in [3.63, 3.8) is 0 Å². The van der Waals surface area contributed by atoms with Crippen LogP contribution in [0.1, 0.15) is 33.6 Å². The fraction of sp³-hybridized carbons (Fsp3) is 1.00. The monoisotopic (exact) mass is 178 g/mol. The predicted octanol–water partition coefficient (Wildman–Crippen LogP) is 2.66. The molecule has 0 saturated heterocycles. The molecule has 3 unspecified atom stereocenters. The first-order chi connectivity index (χ1) is 5.06. The summed E-state index contributed by atoms with van der Waals surface area (Å²) in [7, 11) is 0. The standard InChI is InChI=1S/C9H19ClO/c1-7(5-9(3)10)4-8(2)6-11/h7-9,11H,4-6H2,1-3H3. The van der Waals surface area contributed by atoms with Gasteiger partial charge in [-0.15, -0.1) is 11.6 Å². The van der Waals surface area contributed by atoms with Crippen LogP contribution in [0.3, 0.4) is 0 Å². The van der Waals surface area contributed by atoms with Crippen LogP contribution < -0.4 is 0 Å². The van der Waals surface area contributed by atoms with Gasteiger partial charge in [0.05, 0.1) is 0 Å². The molecule has 0 fully saturated rings. The summed E-state index contributed by atoms with van der Waals surface area (Å²) in [6.07, 6.45) is 2.12. The molecule has 0 spiro atoms. The lowest BCUT2D eigenvalue weighted by atomic mass is 9.94. The minimum absolute atomic E-state index is 0.260. The minimum atomic E-state index is 0.260. The van der Waals surface area contributed by atoms with E-state index in [2.05, 4.69) is 13.8 Å². The van der Waals surface area contributed by atoms with E-state index in [0.717, 1.165) is 12.8 Å². The lowest BCUT2D eigenvalue weighted by molar-refractivity contribution is 0.213. The summed E-state index contributed by atoms with van der Waals surface area (Å²) in [4.78, 5) is 0. The van der Waals surface area contributed by atoms with Gasteiger partial charge < -0.3 is 5.11 Å². The van der Waals surface area contributed by atoms with Crippen molar-refractivity contribution in [1.29, 1.82) is 0 Å². The smallest absolute Gasteiger partial charge is 0.0456 e. The van der Waals surface area contributed by atoms with Crippen LogP contribution in [0.15, 0.2) is 0 Å². The van der Waals surface area contributed by atoms with Gasteiger partial charge in [-0.1, -0.05) is 13.8 Å². The molecule has 0 saturated carbocycles. The van der Waals surface area contributed by atoms with Gasteiger partial charge in [-0.25, -0.2) is 0 Å². The molecule has 0 heterocycles. The van der Waals surface area contributed by atoms with Crippen molar-refractivity contribution in [2.75, 3.05) is 6.61 Å². The molecule has 0 aromatic carbocycles. The Morgan fingerprint density at radius 1 is 1.09 bits per heavy atom. The summed E-state index contributed by atoms with van der Waals surface area (Å²) >= 11 is 5.84. The highest BCUT2D eigenvalue weighted by Gasteiger charge is 2.09. The second-order valence-electron chi connectivity index (χ2n) is 3.65. The number of aliphatic hydroxyl groups is 1. The van der Waals surface area contributed by atoms with Crippen LogP contribution in [0.5, 0.6) is 0 Å². The molecule has 0 amide bonds. The van der Waals surface area contributed by atoms with Gasteiger partial charge in [-0.2, -0.15) is 0 Å². The number of aliphatic hydroxyl groups excluding tert-OH is 1. The first kappa shape index (κ1) is 11.2. The van der Waals surface area contributed by atoms with Crippen LogP contribution in [0.25, 0.3) is 0 Å². The summed E-state index contributed by atoms with van der Waals surface area (Å²) in [5.41, 5.74) is 0. The summed E-state index contributed by atoms with van der Waals surface area (Å²) in [6, 6.07) is 0. The van der Waals surface area contributed by atoms with E-state index >= 15 is 0 Å². The highest BCUT2D eigenvalue weighted by atomic mass is 35.5. The fourth-order valence-corrected chi connectivity index (χ4v) is 1.72. The molecule has 11 heavy (non-hydrogen) atoms. The summed E-state index contributed by atoms with van der Waals surface area (Å²) in [5, 5.41) is 9.04. The zero-order valence-corrected chi connectivity index (χ0v) is 8.43. The minimum Gasteiger partial charge on any atom is -0.396 e. The van der Waals surface area contributed by atoms with E-state index in [4.69, 9.17) is 16.7 Å². The number of hydrogen-bond acceptors (Lipinski definition) is 1. The van der Waals surface area contributed by atoms with Gasteiger partial charge in [0.1, 0.15) is 0 Å². The molecule has 0 bridgehead atoms. The summed E-state index contributed by atoms with van der Waals surface area (Å²) in [5.74, 6) is 1.05. The van der Waals surface area contributed by atoms with Gasteiger partial charge in [0, 0.05) is 12.0 Å². The Hall–Kier alpha value is 0.250. The molecule has 0 aliphatic heterocycles. The molecule has 68 valence electrons. The Kier molecular flexibility index (Phi) is 5.98. The summed E-state index contributed by atoms with van der Waals surface area (Å²) in [6.45, 7) is 6.56.